The second-order valence-electron chi connectivity index (χ2n) is 11.9. The molecular formula is C40H34N4O. The summed E-state index contributed by atoms with van der Waals surface area (Å²) >= 11 is 0. The van der Waals surface area contributed by atoms with Gasteiger partial charge in [-0.3, -0.25) is 9.67 Å². The number of dihydropyridines is 1. The number of benzene rings is 4. The fraction of sp³-hybridized carbons (Fsp3) is 0.150. The summed E-state index contributed by atoms with van der Waals surface area (Å²) in [4.78, 5) is 4.44. The number of nitrogens with one attached hydrogen (secondary N) is 1. The normalized spacial score (nSPS) is 16.0. The molecule has 9 rings (SSSR count). The van der Waals surface area contributed by atoms with Crippen LogP contribution in [0.3, 0.4) is 0 Å². The molecule has 2 aliphatic carbocycles. The molecular weight excluding hydrogens is 552 g/mol. The maximum absolute atomic E-state index is 10.1. The molecule has 4 aromatic carbocycles. The van der Waals surface area contributed by atoms with Crippen LogP contribution in [0.1, 0.15) is 23.1 Å². The van der Waals surface area contributed by atoms with Gasteiger partial charge in [-0.2, -0.15) is 5.10 Å². The summed E-state index contributed by atoms with van der Waals surface area (Å²) in [5.74, 6) is 0. The highest BCUT2D eigenvalue weighted by atomic mass is 16.3. The van der Waals surface area contributed by atoms with E-state index in [-0.39, 0.29) is 6.10 Å². The topological polar surface area (TPSA) is 63.0 Å². The zero-order valence-electron chi connectivity index (χ0n) is 25.0. The first kappa shape index (κ1) is 27.3. The number of nitrogens with zero attached hydrogens (tertiary/aromatic N) is 3. The fourth-order valence-corrected chi connectivity index (χ4v) is 6.78. The van der Waals surface area contributed by atoms with Gasteiger partial charge >= 0.3 is 0 Å². The van der Waals surface area contributed by atoms with Gasteiger partial charge in [0.1, 0.15) is 0 Å². The Morgan fingerprint density at radius 3 is 2.62 bits per heavy atom. The molecule has 6 aromatic rings. The SMILES string of the molecule is C1=CCNC=C1.OC1C=c2ccc3c(c2CC1)CC=c1cc(-c2ccc4cnn(Cc5ccc6ncccc6c5)c4c2)ccc1=3. The van der Waals surface area contributed by atoms with Crippen LogP contribution in [0.15, 0.2) is 116 Å². The van der Waals surface area contributed by atoms with E-state index in [9.17, 15) is 5.11 Å². The van der Waals surface area contributed by atoms with E-state index in [0.717, 1.165) is 47.6 Å². The average molecular weight is 587 g/mol. The van der Waals surface area contributed by atoms with Gasteiger partial charge in [-0.15, -0.1) is 0 Å². The molecule has 0 saturated carbocycles. The van der Waals surface area contributed by atoms with Crippen LogP contribution in [0.2, 0.25) is 0 Å². The summed E-state index contributed by atoms with van der Waals surface area (Å²) < 4.78 is 2.09. The smallest absolute Gasteiger partial charge is 0.0732 e. The number of allylic oxidation sites excluding steroid dienone is 2. The molecule has 2 aromatic heterocycles. The van der Waals surface area contributed by atoms with Gasteiger partial charge in [0.15, 0.2) is 0 Å². The van der Waals surface area contributed by atoms with Crippen LogP contribution in [0.25, 0.3) is 45.1 Å². The molecule has 1 aliphatic heterocycles. The van der Waals surface area contributed by atoms with Gasteiger partial charge < -0.3 is 10.4 Å². The summed E-state index contributed by atoms with van der Waals surface area (Å²) in [5.41, 5.74) is 8.60. The number of aliphatic hydroxyl groups is 1. The summed E-state index contributed by atoms with van der Waals surface area (Å²) in [6, 6.07) is 28.4. The Balaban J connectivity index is 0.000000452. The highest BCUT2D eigenvalue weighted by Crippen LogP contribution is 2.26. The highest BCUT2D eigenvalue weighted by molar-refractivity contribution is 5.85. The number of aliphatic hydroxyl groups excluding tert-OH is 1. The van der Waals surface area contributed by atoms with Gasteiger partial charge in [0.25, 0.3) is 0 Å². The third kappa shape index (κ3) is 5.36. The average Bonchev–Trinajstić information content (AvgIpc) is 3.50. The summed E-state index contributed by atoms with van der Waals surface area (Å²) in [7, 11) is 0. The van der Waals surface area contributed by atoms with E-state index in [2.05, 4.69) is 99.9 Å². The number of hydrogen-bond acceptors (Lipinski definition) is 4. The molecule has 0 bridgehead atoms. The molecule has 3 aliphatic rings. The minimum Gasteiger partial charge on any atom is -0.389 e. The van der Waals surface area contributed by atoms with Gasteiger partial charge in [-0.25, -0.2) is 0 Å². The van der Waals surface area contributed by atoms with Crippen molar-refractivity contribution >= 4 is 34.0 Å². The van der Waals surface area contributed by atoms with Crippen molar-refractivity contribution in [2.75, 3.05) is 6.54 Å². The Kier molecular flexibility index (Phi) is 7.08. The van der Waals surface area contributed by atoms with Crippen LogP contribution in [0, 0.1) is 10.4 Å². The lowest BCUT2D eigenvalue weighted by atomic mass is 9.87. The highest BCUT2D eigenvalue weighted by Gasteiger charge is 2.15. The first-order valence-electron chi connectivity index (χ1n) is 15.7. The molecule has 2 N–H and O–H groups in total. The van der Waals surface area contributed by atoms with E-state index >= 15 is 0 Å². The number of fused-ring (bicyclic) bond motifs is 6. The monoisotopic (exact) mass is 586 g/mol. The Morgan fingerprint density at radius 2 is 1.76 bits per heavy atom. The van der Waals surface area contributed by atoms with E-state index in [1.807, 2.05) is 42.9 Å². The van der Waals surface area contributed by atoms with Crippen molar-refractivity contribution in [3.8, 4) is 11.1 Å². The first-order chi connectivity index (χ1) is 22.2. The maximum atomic E-state index is 10.1. The Bertz CT molecular complexity index is 2350. The number of pyridine rings is 1. The predicted molar refractivity (Wildman–Crippen MR) is 183 cm³/mol. The Morgan fingerprint density at radius 1 is 0.844 bits per heavy atom. The van der Waals surface area contributed by atoms with E-state index in [1.54, 1.807) is 0 Å². The number of rotatable bonds is 3. The fourth-order valence-electron chi connectivity index (χ4n) is 6.78. The number of hydrogen-bond donors (Lipinski definition) is 2. The predicted octanol–water partition coefficient (Wildman–Crippen LogP) is 5.67. The third-order valence-electron chi connectivity index (χ3n) is 9.07. The molecule has 1 unspecified atom stereocenters. The van der Waals surface area contributed by atoms with Crippen LogP contribution in [0.5, 0.6) is 0 Å². The van der Waals surface area contributed by atoms with Crippen molar-refractivity contribution < 1.29 is 5.11 Å². The largest absolute Gasteiger partial charge is 0.389 e. The molecule has 1 atom stereocenters. The van der Waals surface area contributed by atoms with Crippen molar-refractivity contribution in [2.45, 2.75) is 31.9 Å². The van der Waals surface area contributed by atoms with Crippen molar-refractivity contribution in [3.63, 3.8) is 0 Å². The second kappa shape index (κ2) is 11.7. The third-order valence-corrected chi connectivity index (χ3v) is 9.07. The summed E-state index contributed by atoms with van der Waals surface area (Å²) in [6.07, 6.45) is 18.5. The Hall–Kier alpha value is -5.26. The lowest BCUT2D eigenvalue weighted by molar-refractivity contribution is 0.224. The van der Waals surface area contributed by atoms with Crippen LogP contribution < -0.4 is 15.8 Å². The van der Waals surface area contributed by atoms with Crippen molar-refractivity contribution in [2.24, 2.45) is 0 Å². The van der Waals surface area contributed by atoms with Gasteiger partial charge in [-0.05, 0) is 117 Å². The molecule has 0 spiro atoms. The van der Waals surface area contributed by atoms with Gasteiger partial charge in [0.2, 0.25) is 0 Å². The molecule has 3 heterocycles. The van der Waals surface area contributed by atoms with E-state index in [1.165, 1.54) is 48.7 Å². The molecule has 5 nitrogen and oxygen atoms in total. The molecule has 0 saturated heterocycles. The van der Waals surface area contributed by atoms with Gasteiger partial charge in [0.05, 0.1) is 29.9 Å². The van der Waals surface area contributed by atoms with Crippen LogP contribution in [0.4, 0.5) is 0 Å². The zero-order valence-corrected chi connectivity index (χ0v) is 25.0. The first-order valence-corrected chi connectivity index (χ1v) is 15.7. The lowest BCUT2D eigenvalue weighted by Crippen LogP contribution is -2.24. The van der Waals surface area contributed by atoms with Crippen molar-refractivity contribution in [1.29, 1.82) is 0 Å². The Labute approximate surface area is 261 Å². The van der Waals surface area contributed by atoms with Gasteiger partial charge in [-0.1, -0.05) is 66.8 Å². The molecule has 5 heteroatoms. The maximum Gasteiger partial charge on any atom is 0.0732 e. The molecule has 45 heavy (non-hydrogen) atoms. The van der Waals surface area contributed by atoms with Crippen molar-refractivity contribution in [3.05, 3.63) is 153 Å². The van der Waals surface area contributed by atoms with Crippen molar-refractivity contribution in [1.82, 2.24) is 20.1 Å². The van der Waals surface area contributed by atoms with E-state index in [4.69, 9.17) is 5.10 Å². The minimum absolute atomic E-state index is 0.323. The van der Waals surface area contributed by atoms with Crippen LogP contribution >= 0.6 is 0 Å². The summed E-state index contributed by atoms with van der Waals surface area (Å²) in [6.45, 7) is 1.70. The van der Waals surface area contributed by atoms with Crippen LogP contribution in [-0.2, 0) is 19.4 Å². The summed E-state index contributed by atoms with van der Waals surface area (Å²) in [5, 5.41) is 25.2. The van der Waals surface area contributed by atoms with E-state index < -0.39 is 0 Å². The quantitative estimate of drug-likeness (QED) is 0.281. The molecule has 0 amide bonds. The molecule has 220 valence electrons. The molecule has 0 fully saturated rings. The lowest BCUT2D eigenvalue weighted by Gasteiger charge is -2.19. The standard InChI is InChI=1S/C35H27N3O.C5H7N/c39-29-9-13-31-26(18-29)8-12-32-30-10-6-23(17-25(30)7-11-33(31)32)24-4-5-28-20-37-38(35(28)19-24)21-22-3-14-34-27(16-22)2-1-15-36-34;1-2-4-6-5-3-1/h1-8,10,12,14-20,29,39H,9,11,13,21H2;1-4,6H,5H2. The number of aromatic nitrogens is 3. The zero-order chi connectivity index (χ0) is 30.2. The van der Waals surface area contributed by atoms with E-state index in [0.29, 0.717) is 6.54 Å². The molecule has 0 radical (unpaired) electrons. The van der Waals surface area contributed by atoms with Gasteiger partial charge in [0, 0.05) is 23.5 Å². The second-order valence-corrected chi connectivity index (χ2v) is 11.9. The van der Waals surface area contributed by atoms with Crippen LogP contribution in [-0.4, -0.2) is 32.5 Å². The minimum atomic E-state index is -0.323.